The summed E-state index contributed by atoms with van der Waals surface area (Å²) in [5.74, 6) is -3.86. The number of alkyl halides is 6. The van der Waals surface area contributed by atoms with Gasteiger partial charge in [-0.3, -0.25) is 9.59 Å². The first kappa shape index (κ1) is 77.8. The number of amides is 2. The minimum absolute atomic E-state index is 0. The van der Waals surface area contributed by atoms with Gasteiger partial charge in [-0.05, 0) is 100 Å². The number of fused-ring (bicyclic) bond motifs is 4. The molecular formula is C76H68Cl2F6N12O10. The number of carboxylic acid groups (broad SMARTS) is 2. The Morgan fingerprint density at radius 2 is 0.849 bits per heavy atom. The van der Waals surface area contributed by atoms with Crippen molar-refractivity contribution in [2.45, 2.75) is 38.7 Å². The van der Waals surface area contributed by atoms with Gasteiger partial charge in [0.25, 0.3) is 11.8 Å². The van der Waals surface area contributed by atoms with Crippen LogP contribution in [0.25, 0.3) is 66.8 Å². The number of hydrogen-bond acceptors (Lipinski definition) is 16. The predicted molar refractivity (Wildman–Crippen MR) is 380 cm³/mol. The number of carbonyl (C=O) groups excluding carboxylic acids is 2. The second-order valence-electron chi connectivity index (χ2n) is 24.9. The second kappa shape index (κ2) is 32.2. The maximum Gasteiger partial charge on any atom is 0.433 e. The first-order valence-corrected chi connectivity index (χ1v) is 31.9. The quantitative estimate of drug-likeness (QED) is 0.0336. The van der Waals surface area contributed by atoms with Crippen LogP contribution in [-0.2, 0) is 38.7 Å². The number of anilines is 4. The number of rotatable bonds is 18. The fourth-order valence-corrected chi connectivity index (χ4v) is 11.3. The van der Waals surface area contributed by atoms with Crippen molar-refractivity contribution in [2.75, 3.05) is 77.6 Å². The lowest BCUT2D eigenvalue weighted by atomic mass is 9.89. The van der Waals surface area contributed by atoms with Crippen molar-refractivity contribution in [3.8, 4) is 56.7 Å². The smallest absolute Gasteiger partial charge is 0.433 e. The van der Waals surface area contributed by atoms with Crippen molar-refractivity contribution in [3.05, 3.63) is 236 Å². The summed E-state index contributed by atoms with van der Waals surface area (Å²) in [6, 6.07) is 47.0. The first-order valence-electron chi connectivity index (χ1n) is 31.9. The predicted octanol–water partition coefficient (Wildman–Crippen LogP) is 5.81. The highest BCUT2D eigenvalue weighted by Gasteiger charge is 2.35. The zero-order chi connectivity index (χ0) is 74.6. The van der Waals surface area contributed by atoms with Gasteiger partial charge in [-0.15, -0.1) is 0 Å². The number of carboxylic acids is 2. The maximum atomic E-state index is 13.5. The van der Waals surface area contributed by atoms with Gasteiger partial charge in [-0.1, -0.05) is 54.6 Å². The van der Waals surface area contributed by atoms with E-state index in [4.69, 9.17) is 29.8 Å². The molecule has 106 heavy (non-hydrogen) atoms. The molecule has 4 heterocycles. The number of nitrogen functional groups attached to an aromatic ring is 2. The van der Waals surface area contributed by atoms with Gasteiger partial charge in [0.05, 0.1) is 23.3 Å². The Morgan fingerprint density at radius 3 is 1.25 bits per heavy atom. The monoisotopic (exact) mass is 1490 g/mol. The molecule has 0 unspecified atom stereocenters. The van der Waals surface area contributed by atoms with Crippen molar-refractivity contribution >= 4 is 69.0 Å². The van der Waals surface area contributed by atoms with Gasteiger partial charge in [0, 0.05) is 133 Å². The maximum absolute atomic E-state index is 13.5. The van der Waals surface area contributed by atoms with Gasteiger partial charge < -0.3 is 85.2 Å². The molecule has 0 saturated carbocycles. The molecule has 2 aliphatic carbocycles. The zero-order valence-corrected chi connectivity index (χ0v) is 59.4. The molecule has 2 aliphatic heterocycles. The number of aromatic carboxylic acids is 2. The van der Waals surface area contributed by atoms with E-state index in [-0.39, 0.29) is 85.1 Å². The van der Waals surface area contributed by atoms with Gasteiger partial charge in [-0.2, -0.15) is 36.3 Å². The molecule has 8 N–H and O–H groups in total. The Labute approximate surface area is 614 Å². The summed E-state index contributed by atoms with van der Waals surface area (Å²) in [6.45, 7) is 0.101. The van der Waals surface area contributed by atoms with Gasteiger partial charge in [0.2, 0.25) is 34.4 Å². The van der Waals surface area contributed by atoms with Crippen LogP contribution in [0.2, 0.25) is 0 Å². The van der Waals surface area contributed by atoms with Crippen LogP contribution in [0.4, 0.5) is 49.6 Å². The molecule has 0 saturated heterocycles. The number of ether oxygens (including phenoxy) is 2. The largest absolute Gasteiger partial charge is 1.00 e. The highest BCUT2D eigenvalue weighted by atomic mass is 35.5. The summed E-state index contributed by atoms with van der Waals surface area (Å²) >= 11 is 0. The van der Waals surface area contributed by atoms with Gasteiger partial charge in [-0.25, -0.2) is 28.7 Å². The van der Waals surface area contributed by atoms with Gasteiger partial charge in [0.1, 0.15) is 64.1 Å². The molecule has 0 fully saturated rings. The average molecular weight is 1490 g/mol. The van der Waals surface area contributed by atoms with Crippen LogP contribution >= 0.6 is 0 Å². The zero-order valence-electron chi connectivity index (χ0n) is 57.9. The molecule has 0 spiro atoms. The first-order chi connectivity index (χ1) is 49.3. The molecule has 4 aliphatic rings. The lowest BCUT2D eigenvalue weighted by Gasteiger charge is -2.19. The van der Waals surface area contributed by atoms with Crippen molar-refractivity contribution in [3.63, 3.8) is 0 Å². The summed E-state index contributed by atoms with van der Waals surface area (Å²) in [5.41, 5.74) is 17.9. The van der Waals surface area contributed by atoms with E-state index in [1.54, 1.807) is 66.7 Å². The van der Waals surface area contributed by atoms with Crippen LogP contribution in [0.5, 0.6) is 11.8 Å². The third-order valence-electron chi connectivity index (χ3n) is 16.8. The van der Waals surface area contributed by atoms with Crippen molar-refractivity contribution in [1.82, 2.24) is 39.7 Å². The third kappa shape index (κ3) is 17.8. The Bertz CT molecular complexity index is 5420. The van der Waals surface area contributed by atoms with E-state index in [1.807, 2.05) is 148 Å². The molecule has 0 radical (unpaired) electrons. The molecule has 12 rings (SSSR count). The molecule has 2 aromatic heterocycles. The fraction of sp³-hybridized carbons (Fsp3) is 0.184. The number of nitrogens with two attached hydrogens (primary N) is 2. The normalized spacial score (nSPS) is 11.2. The highest BCUT2D eigenvalue weighted by molar-refractivity contribution is 6.11. The Balaban J connectivity index is 0.000000241. The van der Waals surface area contributed by atoms with Crippen LogP contribution in [0.1, 0.15) is 75.1 Å². The number of aromatic nitrogens is 4. The van der Waals surface area contributed by atoms with Crippen LogP contribution in [0.3, 0.4) is 0 Å². The molecule has 30 heteroatoms. The van der Waals surface area contributed by atoms with Crippen molar-refractivity contribution in [2.24, 2.45) is 0 Å². The molecular weight excluding hydrogens is 1430 g/mol. The Morgan fingerprint density at radius 1 is 0.462 bits per heavy atom. The summed E-state index contributed by atoms with van der Waals surface area (Å²) in [7, 11) is 15.3. The Hall–Kier alpha value is -12.3. The van der Waals surface area contributed by atoms with Crippen LogP contribution in [0, 0.1) is 0 Å². The second-order valence-corrected chi connectivity index (χ2v) is 24.9. The Kier molecular flexibility index (Phi) is 23.6. The van der Waals surface area contributed by atoms with E-state index in [9.17, 15) is 55.7 Å². The van der Waals surface area contributed by atoms with E-state index in [1.165, 1.54) is 18.2 Å². The summed E-state index contributed by atoms with van der Waals surface area (Å²) < 4.78 is 106. The summed E-state index contributed by atoms with van der Waals surface area (Å²) in [5, 5.41) is 29.5. The topological polar surface area (TPSA) is 294 Å². The number of hydrogen-bond donors (Lipinski definition) is 6. The SMILES string of the molecule is CN(C)c1ccc2c(-c3cc(C(=O)NCc4ccc(COc5cc(C(F)(F)F)nc(N)n5)cc4)ccc3C(=O)O)c3ccc(=[N+](C)C)cc-3oc2c1.CN(C)c1ccc2c(-c3ccc(C(=O)NCc4ccc(COc5cc(C(F)(F)F)nc(N)n5)cc4)cc3C(=O)O)c3ccc(=[N+](C)C)cc-3oc2c1.[Cl-].[Cl-]. The molecule has 8 aromatic rings. The minimum atomic E-state index is -4.70. The molecule has 0 bridgehead atoms. The highest BCUT2D eigenvalue weighted by Crippen LogP contribution is 2.45. The average Bonchev–Trinajstić information content (AvgIpc) is 0.749. The van der Waals surface area contributed by atoms with Crippen molar-refractivity contribution < 1.29 is 98.9 Å². The number of nitrogens with zero attached hydrogens (tertiary/aromatic N) is 8. The van der Waals surface area contributed by atoms with Gasteiger partial charge >= 0.3 is 24.3 Å². The van der Waals surface area contributed by atoms with E-state index in [0.29, 0.717) is 79.1 Å². The molecule has 0 atom stereocenters. The molecule has 6 aromatic carbocycles. The molecule has 2 amide bonds. The number of benzene rings is 8. The number of nitrogens with one attached hydrogen (secondary N) is 2. The van der Waals surface area contributed by atoms with Crippen LogP contribution < -0.4 is 86.1 Å². The van der Waals surface area contributed by atoms with E-state index in [2.05, 4.69) is 30.6 Å². The number of halogens is 8. The third-order valence-corrected chi connectivity index (χ3v) is 16.8. The standard InChI is InChI=1S/2C38H33F3N6O5.2ClH/c1-46(2)24-10-13-27-30(16-24)52-31-17-25(47(3)4)11-14-28(31)34(27)29-15-23(9-12-26(29)36(49)50)35(48)43-19-21-5-7-22(8-6-21)20-51-33-18-32(38(39,40)41)44-37(42)45-33;1-46(2)24-10-13-27-30(16-24)52-31-17-25(47(3)4)11-14-28(31)34(27)26-12-9-23(15-29(26)36(49)50)35(48)43-19-21-5-7-22(8-6-21)20-51-33-18-32(38(39,40)41)44-37(42)45-33;;/h2*5-18H,19-20H2,1-4H3,(H3-,42,43,44,45,48,49,50);2*1H. The van der Waals surface area contributed by atoms with Crippen molar-refractivity contribution in [1.29, 1.82) is 0 Å². The van der Waals surface area contributed by atoms with E-state index >= 15 is 0 Å². The van der Waals surface area contributed by atoms with E-state index in [0.717, 1.165) is 44.2 Å². The number of carbonyl (C=O) groups is 4. The van der Waals surface area contributed by atoms with Gasteiger partial charge in [0.15, 0.2) is 11.4 Å². The molecule has 548 valence electrons. The molecule has 22 nitrogen and oxygen atoms in total. The van der Waals surface area contributed by atoms with Crippen LogP contribution in [-0.4, -0.2) is 110 Å². The van der Waals surface area contributed by atoms with E-state index < -0.39 is 59.4 Å². The summed E-state index contributed by atoms with van der Waals surface area (Å²) in [6.07, 6.45) is -9.40. The fourth-order valence-electron chi connectivity index (χ4n) is 11.3. The minimum Gasteiger partial charge on any atom is -1.00 e. The lowest BCUT2D eigenvalue weighted by molar-refractivity contribution is -0.142. The van der Waals surface area contributed by atoms with Crippen LogP contribution in [0.15, 0.2) is 179 Å². The summed E-state index contributed by atoms with van der Waals surface area (Å²) in [4.78, 5) is 69.7. The lowest BCUT2D eigenvalue weighted by Crippen LogP contribution is -3.00.